The highest BCUT2D eigenvalue weighted by atomic mass is 16.7. The van der Waals surface area contributed by atoms with Crippen molar-refractivity contribution in [3.05, 3.63) is 71.8 Å². The molecule has 20 heteroatoms. The Hall–Kier alpha value is -6.09. The zero-order valence-electron chi connectivity index (χ0n) is 49.7. The first-order valence-electron chi connectivity index (χ1n) is 28.6. The highest BCUT2D eigenvalue weighted by Crippen LogP contribution is 2.31. The van der Waals surface area contributed by atoms with Crippen molar-refractivity contribution < 1.29 is 57.5 Å². The van der Waals surface area contributed by atoms with Crippen LogP contribution in [0.3, 0.4) is 0 Å². The van der Waals surface area contributed by atoms with Crippen LogP contribution in [0.5, 0.6) is 0 Å². The Kier molecular flexibility index (Phi) is 26.9. The number of hydroxylamine groups is 2. The van der Waals surface area contributed by atoms with Gasteiger partial charge in [-0.3, -0.25) is 53.5 Å². The van der Waals surface area contributed by atoms with Crippen LogP contribution in [0, 0.1) is 29.6 Å². The van der Waals surface area contributed by atoms with Crippen molar-refractivity contribution in [2.24, 2.45) is 29.6 Å². The Bertz CT molecular complexity index is 2360. The number of nitrogens with one attached hydrogen (secondary N) is 4. The first-order valence-corrected chi connectivity index (χ1v) is 28.6. The van der Waals surface area contributed by atoms with Crippen molar-refractivity contribution >= 4 is 53.2 Å². The third-order valence-corrected chi connectivity index (χ3v) is 15.5. The van der Waals surface area contributed by atoms with Crippen molar-refractivity contribution in [3.8, 4) is 0 Å². The molecular formula is C60H92N8O12. The quantitative estimate of drug-likeness (QED) is 0.0708. The lowest BCUT2D eigenvalue weighted by Crippen LogP contribution is -2.60. The highest BCUT2D eigenvalue weighted by Gasteiger charge is 2.44. The average Bonchev–Trinajstić information content (AvgIpc) is 4.02. The van der Waals surface area contributed by atoms with Gasteiger partial charge in [0.2, 0.25) is 35.4 Å². The molecule has 8 amide bonds. The molecule has 2 aromatic rings. The number of hydrogen-bond donors (Lipinski definition) is 4. The van der Waals surface area contributed by atoms with Crippen LogP contribution in [0.1, 0.15) is 131 Å². The van der Waals surface area contributed by atoms with E-state index < -0.39 is 89.9 Å². The number of benzene rings is 2. The lowest BCUT2D eigenvalue weighted by Gasteiger charge is -2.43. The SMILES string of the molecule is CC[C@H](C)[C@@H]([C@@H](CC(=O)N1CCC[C@H]1[C@H](OC)[C@@H](C)C(=O)N[C@@H](Cc1ccccc1)C(=O)NCc1ccccc1)OC)N(C)[C@H](C(=O)NC(=O)[C@H](C(C)C)N(C)CCCC(=O)N[C@H](CC(C)C)C(=O)ON1C(=O)CCC1=O)C(C)C. The predicted octanol–water partition coefficient (Wildman–Crippen LogP) is 4.97. The van der Waals surface area contributed by atoms with Crippen LogP contribution in [0.2, 0.25) is 0 Å². The standard InChI is InChI=1S/C60H92N8O12/c1-14-40(8)54(66(11)53(39(6)7)59(76)64-58(75)52(38(4)5)65(10)31-22-28-48(69)62-45(33-37(2)3)60(77)80-68-49(70)29-30-50(68)71)47(78-12)35-51(72)67-32-21-27-46(67)55(79-13)41(9)56(73)63-44(34-42-23-17-15-18-24-42)57(74)61-36-43-25-19-16-20-26-43/h15-20,23-26,37-41,44-47,52-55H,14,21-22,27-36H2,1-13H3,(H,61,74)(H,62,69)(H,63,73)(H,64,75,76)/t40-,41+,44-,45+,46-,47+,52-,53-,54-,55+/m0/s1. The molecule has 2 aliphatic heterocycles. The van der Waals surface area contributed by atoms with Crippen molar-refractivity contribution in [2.75, 3.05) is 41.4 Å². The number of nitrogens with zero attached hydrogens (tertiary/aromatic N) is 4. The Balaban J connectivity index is 1.42. The van der Waals surface area contributed by atoms with Crippen molar-refractivity contribution in [2.45, 2.75) is 182 Å². The Morgan fingerprint density at radius 2 is 1.31 bits per heavy atom. The summed E-state index contributed by atoms with van der Waals surface area (Å²) >= 11 is 0. The molecule has 4 rings (SSSR count). The van der Waals surface area contributed by atoms with E-state index in [0.29, 0.717) is 50.4 Å². The second-order valence-electron chi connectivity index (χ2n) is 22.8. The summed E-state index contributed by atoms with van der Waals surface area (Å²) < 4.78 is 12.2. The number of ether oxygens (including phenoxy) is 2. The van der Waals surface area contributed by atoms with Crippen LogP contribution >= 0.6 is 0 Å². The lowest BCUT2D eigenvalue weighted by molar-refractivity contribution is -0.199. The smallest absolute Gasteiger partial charge is 0.355 e. The van der Waals surface area contributed by atoms with Crippen molar-refractivity contribution in [1.29, 1.82) is 0 Å². The summed E-state index contributed by atoms with van der Waals surface area (Å²) in [5.41, 5.74) is 1.81. The number of rotatable bonds is 32. The van der Waals surface area contributed by atoms with E-state index in [1.54, 1.807) is 30.9 Å². The molecule has 2 fully saturated rings. The van der Waals surface area contributed by atoms with E-state index in [1.807, 2.05) is 128 Å². The molecule has 10 atom stereocenters. The van der Waals surface area contributed by atoms with Gasteiger partial charge >= 0.3 is 5.97 Å². The molecule has 0 saturated carbocycles. The maximum atomic E-state index is 14.6. The molecule has 0 spiro atoms. The fourth-order valence-corrected chi connectivity index (χ4v) is 11.3. The molecule has 80 heavy (non-hydrogen) atoms. The fourth-order valence-electron chi connectivity index (χ4n) is 11.3. The van der Waals surface area contributed by atoms with Gasteiger partial charge in [-0.15, -0.1) is 5.06 Å². The molecule has 0 aromatic heterocycles. The maximum Gasteiger partial charge on any atom is 0.355 e. The van der Waals surface area contributed by atoms with Crippen LogP contribution in [-0.4, -0.2) is 163 Å². The minimum Gasteiger partial charge on any atom is -0.379 e. The second-order valence-corrected chi connectivity index (χ2v) is 22.8. The van der Waals surface area contributed by atoms with Gasteiger partial charge in [0.25, 0.3) is 11.8 Å². The van der Waals surface area contributed by atoms with E-state index in [2.05, 4.69) is 21.3 Å². The summed E-state index contributed by atoms with van der Waals surface area (Å²) in [6, 6.07) is 14.6. The van der Waals surface area contributed by atoms with E-state index in [1.165, 1.54) is 7.11 Å². The van der Waals surface area contributed by atoms with Gasteiger partial charge in [-0.25, -0.2) is 4.79 Å². The number of likely N-dealkylation sites (N-methyl/N-ethyl adjacent to an activating group) is 2. The number of likely N-dealkylation sites (tertiary alicyclic amines) is 1. The number of hydrogen-bond acceptors (Lipinski definition) is 14. The Labute approximate surface area is 474 Å². The largest absolute Gasteiger partial charge is 0.379 e. The number of imide groups is 2. The highest BCUT2D eigenvalue weighted by molar-refractivity contribution is 6.02. The molecule has 2 aliphatic rings. The summed E-state index contributed by atoms with van der Waals surface area (Å²) in [5.74, 6) is -5.86. The topological polar surface area (TPSA) is 242 Å². The van der Waals surface area contributed by atoms with Crippen molar-refractivity contribution in [1.82, 2.24) is 41.0 Å². The number of carbonyl (C=O) groups is 9. The number of amides is 8. The molecule has 2 aromatic carbocycles. The van der Waals surface area contributed by atoms with Gasteiger partial charge in [-0.1, -0.05) is 129 Å². The van der Waals surface area contributed by atoms with E-state index in [-0.39, 0.29) is 79.9 Å². The van der Waals surface area contributed by atoms with E-state index >= 15 is 0 Å². The van der Waals surface area contributed by atoms with E-state index in [9.17, 15) is 43.2 Å². The predicted molar refractivity (Wildman–Crippen MR) is 302 cm³/mol. The van der Waals surface area contributed by atoms with Gasteiger partial charge in [-0.05, 0) is 81.1 Å². The second kappa shape index (κ2) is 32.4. The molecule has 0 bridgehead atoms. The number of methoxy groups -OCH3 is 2. The van der Waals surface area contributed by atoms with E-state index in [0.717, 1.165) is 11.1 Å². The molecule has 4 N–H and O–H groups in total. The van der Waals surface area contributed by atoms with Crippen LogP contribution in [0.4, 0.5) is 0 Å². The first kappa shape index (κ1) is 66.4. The molecule has 2 heterocycles. The third-order valence-electron chi connectivity index (χ3n) is 15.5. The summed E-state index contributed by atoms with van der Waals surface area (Å²) in [6.45, 7) is 18.1. The van der Waals surface area contributed by atoms with Crippen LogP contribution in [0.25, 0.3) is 0 Å². The van der Waals surface area contributed by atoms with Gasteiger partial charge in [0.1, 0.15) is 12.1 Å². The van der Waals surface area contributed by atoms with Gasteiger partial charge in [-0.2, -0.15) is 0 Å². The molecule has 20 nitrogen and oxygen atoms in total. The van der Waals surface area contributed by atoms with Crippen LogP contribution in [-0.2, 0) is 70.4 Å². The maximum absolute atomic E-state index is 14.6. The molecule has 444 valence electrons. The third kappa shape index (κ3) is 19.0. The first-order chi connectivity index (χ1) is 37.9. The Morgan fingerprint density at radius 1 is 0.725 bits per heavy atom. The fraction of sp³-hybridized carbons (Fsp3) is 0.650. The molecular weight excluding hydrogens is 1020 g/mol. The lowest BCUT2D eigenvalue weighted by atomic mass is 9.87. The van der Waals surface area contributed by atoms with Crippen LogP contribution < -0.4 is 21.3 Å². The normalized spacial score (nSPS) is 18.1. The average molecular weight is 1120 g/mol. The van der Waals surface area contributed by atoms with E-state index in [4.69, 9.17) is 14.3 Å². The summed E-state index contributed by atoms with van der Waals surface area (Å²) in [5, 5.41) is 11.8. The van der Waals surface area contributed by atoms with Gasteiger partial charge in [0.05, 0.1) is 42.7 Å². The van der Waals surface area contributed by atoms with Gasteiger partial charge in [0, 0.05) is 59.0 Å². The minimum absolute atomic E-state index is 0.00532. The van der Waals surface area contributed by atoms with Crippen molar-refractivity contribution in [3.63, 3.8) is 0 Å². The summed E-state index contributed by atoms with van der Waals surface area (Å²) in [6.07, 6.45) is 1.23. The molecule has 2 saturated heterocycles. The van der Waals surface area contributed by atoms with Crippen LogP contribution in [0.15, 0.2) is 60.7 Å². The molecule has 0 unspecified atom stereocenters. The zero-order valence-corrected chi connectivity index (χ0v) is 49.7. The monoisotopic (exact) mass is 1120 g/mol. The summed E-state index contributed by atoms with van der Waals surface area (Å²) in [4.78, 5) is 132. The number of carbonyl (C=O) groups excluding carboxylic acids is 9. The zero-order chi connectivity index (χ0) is 59.4. The molecule has 0 radical (unpaired) electrons. The Morgan fingerprint density at radius 3 is 1.86 bits per heavy atom. The summed E-state index contributed by atoms with van der Waals surface area (Å²) in [7, 11) is 6.65. The van der Waals surface area contributed by atoms with Gasteiger partial charge in [0.15, 0.2) is 0 Å². The molecule has 0 aliphatic carbocycles. The minimum atomic E-state index is -1.09. The van der Waals surface area contributed by atoms with Gasteiger partial charge < -0.3 is 35.2 Å².